The second-order valence-corrected chi connectivity index (χ2v) is 9.53. The summed E-state index contributed by atoms with van der Waals surface area (Å²) in [6, 6.07) is 9.62. The van der Waals surface area contributed by atoms with Gasteiger partial charge in [0.1, 0.15) is 5.82 Å². The molecule has 0 bridgehead atoms. The normalized spacial score (nSPS) is 18.2. The SMILES string of the molecule is O=C(c1cnc2ccc(Br)cc2c1Nc1ccc(NC2CCCN(C(=O)O)C2)nc1)C1CC1. The number of pyridine rings is 2. The number of ketones is 1. The molecular formula is C24H24BrN5O3. The van der Waals surface area contributed by atoms with Crippen LogP contribution in [0.5, 0.6) is 0 Å². The van der Waals surface area contributed by atoms with Crippen LogP contribution in [0.4, 0.5) is 22.0 Å². The van der Waals surface area contributed by atoms with Crippen LogP contribution in [0, 0.1) is 5.92 Å². The standard InChI is InChI=1S/C24H24BrN5O3/c25-15-5-7-20-18(10-15)22(19(12-26-20)23(31)14-3-4-14)29-16-6-8-21(27-11-16)28-17-2-1-9-30(13-17)24(32)33/h5-8,10-12,14,17H,1-4,9,13H2,(H,26,29)(H,27,28)(H,32,33). The summed E-state index contributed by atoms with van der Waals surface area (Å²) in [6.07, 6.45) is 6.08. The number of rotatable bonds is 6. The average Bonchev–Trinajstić information content (AvgIpc) is 3.66. The maximum absolute atomic E-state index is 12.9. The molecule has 1 aliphatic carbocycles. The van der Waals surface area contributed by atoms with E-state index in [1.807, 2.05) is 30.3 Å². The molecule has 5 rings (SSSR count). The van der Waals surface area contributed by atoms with E-state index in [9.17, 15) is 14.7 Å². The molecule has 33 heavy (non-hydrogen) atoms. The Hall–Kier alpha value is -3.20. The highest BCUT2D eigenvalue weighted by atomic mass is 79.9. The maximum atomic E-state index is 12.9. The molecule has 3 N–H and O–H groups in total. The van der Waals surface area contributed by atoms with Crippen molar-refractivity contribution in [2.24, 2.45) is 5.92 Å². The molecule has 1 unspecified atom stereocenters. The van der Waals surface area contributed by atoms with E-state index in [0.717, 1.165) is 52.4 Å². The van der Waals surface area contributed by atoms with Crippen molar-refractivity contribution in [3.05, 3.63) is 52.8 Å². The predicted molar refractivity (Wildman–Crippen MR) is 130 cm³/mol. The Morgan fingerprint density at radius 2 is 1.94 bits per heavy atom. The van der Waals surface area contributed by atoms with Crippen LogP contribution >= 0.6 is 15.9 Å². The van der Waals surface area contributed by atoms with Crippen molar-refractivity contribution in [1.29, 1.82) is 0 Å². The predicted octanol–water partition coefficient (Wildman–Crippen LogP) is 5.28. The number of hydrogen-bond acceptors (Lipinski definition) is 6. The lowest BCUT2D eigenvalue weighted by Crippen LogP contribution is -2.44. The second-order valence-electron chi connectivity index (χ2n) is 8.62. The number of likely N-dealkylation sites (tertiary alicyclic amines) is 1. The zero-order valence-electron chi connectivity index (χ0n) is 17.9. The molecule has 1 saturated carbocycles. The van der Waals surface area contributed by atoms with Gasteiger partial charge in [0.15, 0.2) is 5.78 Å². The molecule has 9 heteroatoms. The van der Waals surface area contributed by atoms with E-state index >= 15 is 0 Å². The molecule has 2 aromatic heterocycles. The summed E-state index contributed by atoms with van der Waals surface area (Å²) >= 11 is 3.52. The first-order valence-electron chi connectivity index (χ1n) is 11.1. The van der Waals surface area contributed by atoms with Gasteiger partial charge in [-0.2, -0.15) is 0 Å². The maximum Gasteiger partial charge on any atom is 0.407 e. The molecule has 1 atom stereocenters. The Morgan fingerprint density at radius 3 is 2.67 bits per heavy atom. The van der Waals surface area contributed by atoms with Crippen LogP contribution < -0.4 is 10.6 Å². The van der Waals surface area contributed by atoms with E-state index in [0.29, 0.717) is 24.5 Å². The molecule has 1 aliphatic heterocycles. The summed E-state index contributed by atoms with van der Waals surface area (Å²) in [5.41, 5.74) is 2.90. The molecule has 1 saturated heterocycles. The number of nitrogens with zero attached hydrogens (tertiary/aromatic N) is 3. The van der Waals surface area contributed by atoms with Gasteiger partial charge >= 0.3 is 6.09 Å². The molecule has 0 spiro atoms. The molecule has 3 heterocycles. The molecule has 170 valence electrons. The lowest BCUT2D eigenvalue weighted by atomic mass is 10.0. The summed E-state index contributed by atoms with van der Waals surface area (Å²) in [7, 11) is 0. The number of benzene rings is 1. The van der Waals surface area contributed by atoms with E-state index in [2.05, 4.69) is 36.5 Å². The van der Waals surface area contributed by atoms with Crippen LogP contribution in [0.25, 0.3) is 10.9 Å². The minimum Gasteiger partial charge on any atom is -0.465 e. The Morgan fingerprint density at radius 1 is 1.09 bits per heavy atom. The number of anilines is 3. The highest BCUT2D eigenvalue weighted by molar-refractivity contribution is 9.10. The fraction of sp³-hybridized carbons (Fsp3) is 0.333. The number of carboxylic acid groups (broad SMARTS) is 1. The Balaban J connectivity index is 1.38. The highest BCUT2D eigenvalue weighted by Crippen LogP contribution is 2.38. The quantitative estimate of drug-likeness (QED) is 0.387. The van der Waals surface area contributed by atoms with Crippen molar-refractivity contribution >= 4 is 55.9 Å². The van der Waals surface area contributed by atoms with Gasteiger partial charge in [-0.3, -0.25) is 9.78 Å². The first-order chi connectivity index (χ1) is 16.0. The van der Waals surface area contributed by atoms with Crippen LogP contribution in [0.1, 0.15) is 36.0 Å². The van der Waals surface area contributed by atoms with Gasteiger partial charge in [-0.15, -0.1) is 0 Å². The number of amides is 1. The van der Waals surface area contributed by atoms with Gasteiger partial charge < -0.3 is 20.6 Å². The van der Waals surface area contributed by atoms with Gasteiger partial charge in [0, 0.05) is 41.1 Å². The molecule has 0 radical (unpaired) electrons. The van der Waals surface area contributed by atoms with Crippen molar-refractivity contribution < 1.29 is 14.7 Å². The number of nitrogens with one attached hydrogen (secondary N) is 2. The topological polar surface area (TPSA) is 107 Å². The van der Waals surface area contributed by atoms with Crippen molar-refractivity contribution in [3.63, 3.8) is 0 Å². The zero-order valence-corrected chi connectivity index (χ0v) is 19.5. The number of fused-ring (bicyclic) bond motifs is 1. The first kappa shape index (κ1) is 21.6. The molecule has 3 aromatic rings. The number of piperidine rings is 1. The summed E-state index contributed by atoms with van der Waals surface area (Å²) in [5, 5.41) is 16.8. The summed E-state index contributed by atoms with van der Waals surface area (Å²) < 4.78 is 0.913. The van der Waals surface area contributed by atoms with Crippen LogP contribution in [0.15, 0.2) is 47.2 Å². The van der Waals surface area contributed by atoms with Crippen LogP contribution in [-0.4, -0.2) is 51.0 Å². The van der Waals surface area contributed by atoms with Gasteiger partial charge in [0.05, 0.1) is 28.7 Å². The van der Waals surface area contributed by atoms with E-state index in [1.165, 1.54) is 4.90 Å². The van der Waals surface area contributed by atoms with Gasteiger partial charge in [0.2, 0.25) is 0 Å². The Bertz CT molecular complexity index is 1210. The number of halogens is 1. The third-order valence-electron chi connectivity index (χ3n) is 6.12. The number of aromatic nitrogens is 2. The van der Waals surface area contributed by atoms with Crippen molar-refractivity contribution in [2.45, 2.75) is 31.7 Å². The minimum absolute atomic E-state index is 0.0328. The third kappa shape index (κ3) is 4.78. The summed E-state index contributed by atoms with van der Waals surface area (Å²) in [4.78, 5) is 34.6. The molecule has 2 fully saturated rings. The van der Waals surface area contributed by atoms with Gasteiger partial charge in [-0.25, -0.2) is 9.78 Å². The average molecular weight is 510 g/mol. The smallest absolute Gasteiger partial charge is 0.407 e. The zero-order chi connectivity index (χ0) is 22.9. The fourth-order valence-electron chi connectivity index (χ4n) is 4.23. The minimum atomic E-state index is -0.887. The third-order valence-corrected chi connectivity index (χ3v) is 6.61. The number of Topliss-reactive ketones (excluding diaryl/α,β-unsaturated/α-hetero) is 1. The Labute approximate surface area is 199 Å². The van der Waals surface area contributed by atoms with Crippen LogP contribution in [-0.2, 0) is 0 Å². The monoisotopic (exact) mass is 509 g/mol. The lowest BCUT2D eigenvalue weighted by Gasteiger charge is -2.31. The van der Waals surface area contributed by atoms with Gasteiger partial charge in [-0.05, 0) is 56.0 Å². The highest BCUT2D eigenvalue weighted by Gasteiger charge is 2.32. The number of hydrogen-bond donors (Lipinski definition) is 3. The lowest BCUT2D eigenvalue weighted by molar-refractivity contribution is 0.0968. The van der Waals surface area contributed by atoms with Gasteiger partial charge in [0.25, 0.3) is 0 Å². The second kappa shape index (κ2) is 8.97. The van der Waals surface area contributed by atoms with E-state index < -0.39 is 6.09 Å². The summed E-state index contributed by atoms with van der Waals surface area (Å²) in [5.74, 6) is 0.898. The molecule has 8 nitrogen and oxygen atoms in total. The van der Waals surface area contributed by atoms with Crippen molar-refractivity contribution in [1.82, 2.24) is 14.9 Å². The fourth-order valence-corrected chi connectivity index (χ4v) is 4.59. The van der Waals surface area contributed by atoms with Crippen molar-refractivity contribution in [2.75, 3.05) is 23.7 Å². The van der Waals surface area contributed by atoms with Crippen molar-refractivity contribution in [3.8, 4) is 0 Å². The number of carbonyl (C=O) groups is 2. The largest absolute Gasteiger partial charge is 0.465 e. The van der Waals surface area contributed by atoms with E-state index in [-0.39, 0.29) is 17.7 Å². The molecule has 1 aromatic carbocycles. The number of carbonyl (C=O) groups excluding carboxylic acids is 1. The van der Waals surface area contributed by atoms with Crippen LogP contribution in [0.3, 0.4) is 0 Å². The van der Waals surface area contributed by atoms with E-state index in [4.69, 9.17) is 0 Å². The van der Waals surface area contributed by atoms with Gasteiger partial charge in [-0.1, -0.05) is 15.9 Å². The first-order valence-corrected chi connectivity index (χ1v) is 11.9. The molecule has 2 aliphatic rings. The summed E-state index contributed by atoms with van der Waals surface area (Å²) in [6.45, 7) is 1.02. The van der Waals surface area contributed by atoms with E-state index in [1.54, 1.807) is 12.4 Å². The molecule has 1 amide bonds. The molecular weight excluding hydrogens is 486 g/mol. The Kier molecular flexibility index (Phi) is 5.88. The van der Waals surface area contributed by atoms with Crippen LogP contribution in [0.2, 0.25) is 0 Å².